The van der Waals surface area contributed by atoms with Crippen molar-refractivity contribution >= 4 is 5.69 Å². The lowest BCUT2D eigenvalue weighted by molar-refractivity contribution is 0.304. The lowest BCUT2D eigenvalue weighted by Crippen LogP contribution is -2.39. The second kappa shape index (κ2) is 8.23. The van der Waals surface area contributed by atoms with Crippen LogP contribution in [0.15, 0.2) is 18.2 Å². The molecule has 118 valence electrons. The van der Waals surface area contributed by atoms with Gasteiger partial charge in [-0.3, -0.25) is 0 Å². The number of anilines is 1. The van der Waals surface area contributed by atoms with Crippen molar-refractivity contribution < 1.29 is 9.13 Å². The molecule has 3 nitrogen and oxygen atoms in total. The third-order valence-corrected chi connectivity index (χ3v) is 4.06. The summed E-state index contributed by atoms with van der Waals surface area (Å²) in [5.41, 5.74) is 6.81. The molecule has 2 N–H and O–H groups in total. The van der Waals surface area contributed by atoms with Crippen molar-refractivity contribution in [3.8, 4) is 5.75 Å². The molecule has 1 aromatic carbocycles. The number of rotatable bonds is 7. The standard InChI is InChI=1S/C17H27FN2O/c1-2-3-4-5-12-21-17-7-6-14(18)13-16(17)20-10-8-15(19)9-11-20/h6-7,13,15H,2-5,8-12,19H2,1H3. The predicted molar refractivity (Wildman–Crippen MR) is 85.5 cm³/mol. The number of benzene rings is 1. The largest absolute Gasteiger partial charge is 0.491 e. The van der Waals surface area contributed by atoms with E-state index in [0.29, 0.717) is 6.61 Å². The lowest BCUT2D eigenvalue weighted by Gasteiger charge is -2.33. The maximum absolute atomic E-state index is 13.6. The molecule has 21 heavy (non-hydrogen) atoms. The molecular weight excluding hydrogens is 267 g/mol. The van der Waals surface area contributed by atoms with Gasteiger partial charge in [0, 0.05) is 25.2 Å². The highest BCUT2D eigenvalue weighted by atomic mass is 19.1. The topological polar surface area (TPSA) is 38.5 Å². The fraction of sp³-hybridized carbons (Fsp3) is 0.647. The summed E-state index contributed by atoms with van der Waals surface area (Å²) in [5.74, 6) is 0.585. The monoisotopic (exact) mass is 294 g/mol. The first-order valence-corrected chi connectivity index (χ1v) is 8.13. The SMILES string of the molecule is CCCCCCOc1ccc(F)cc1N1CCC(N)CC1. The van der Waals surface area contributed by atoms with Gasteiger partial charge in [0.2, 0.25) is 0 Å². The Morgan fingerprint density at radius 2 is 2.00 bits per heavy atom. The predicted octanol–water partition coefficient (Wildman–Crippen LogP) is 3.71. The van der Waals surface area contributed by atoms with Gasteiger partial charge in [0.25, 0.3) is 0 Å². The van der Waals surface area contributed by atoms with Crippen LogP contribution in [-0.2, 0) is 0 Å². The molecule has 1 aliphatic heterocycles. The van der Waals surface area contributed by atoms with Crippen LogP contribution in [0.3, 0.4) is 0 Å². The summed E-state index contributed by atoms with van der Waals surface area (Å²) in [5, 5.41) is 0. The van der Waals surface area contributed by atoms with E-state index in [1.165, 1.54) is 25.3 Å². The van der Waals surface area contributed by atoms with Gasteiger partial charge >= 0.3 is 0 Å². The minimum Gasteiger partial charge on any atom is -0.491 e. The molecule has 0 aliphatic carbocycles. The van der Waals surface area contributed by atoms with Crippen molar-refractivity contribution in [1.82, 2.24) is 0 Å². The van der Waals surface area contributed by atoms with E-state index in [9.17, 15) is 4.39 Å². The molecule has 0 bridgehead atoms. The second-order valence-electron chi connectivity index (χ2n) is 5.85. The lowest BCUT2D eigenvalue weighted by atomic mass is 10.1. The molecule has 1 heterocycles. The fourth-order valence-electron chi connectivity index (χ4n) is 2.71. The molecule has 1 fully saturated rings. The van der Waals surface area contributed by atoms with Crippen LogP contribution >= 0.6 is 0 Å². The first-order valence-electron chi connectivity index (χ1n) is 8.13. The van der Waals surface area contributed by atoms with Gasteiger partial charge in [-0.15, -0.1) is 0 Å². The number of hydrogen-bond acceptors (Lipinski definition) is 3. The average Bonchev–Trinajstić information content (AvgIpc) is 2.49. The minimum atomic E-state index is -0.210. The smallest absolute Gasteiger partial charge is 0.142 e. The van der Waals surface area contributed by atoms with Crippen molar-refractivity contribution in [3.05, 3.63) is 24.0 Å². The molecule has 0 atom stereocenters. The van der Waals surface area contributed by atoms with Crippen LogP contribution in [0.5, 0.6) is 5.75 Å². The van der Waals surface area contributed by atoms with E-state index in [-0.39, 0.29) is 11.9 Å². The molecule has 0 amide bonds. The molecule has 2 rings (SSSR count). The Labute approximate surface area is 127 Å². The van der Waals surface area contributed by atoms with Crippen LogP contribution in [0.1, 0.15) is 45.4 Å². The van der Waals surface area contributed by atoms with E-state index >= 15 is 0 Å². The average molecular weight is 294 g/mol. The summed E-state index contributed by atoms with van der Waals surface area (Å²) in [6, 6.07) is 5.07. The molecule has 0 spiro atoms. The zero-order valence-electron chi connectivity index (χ0n) is 13.0. The molecule has 4 heteroatoms. The Hall–Kier alpha value is -1.29. The minimum absolute atomic E-state index is 0.210. The number of halogens is 1. The molecule has 0 aromatic heterocycles. The van der Waals surface area contributed by atoms with Crippen molar-refractivity contribution in [2.45, 2.75) is 51.5 Å². The zero-order valence-corrected chi connectivity index (χ0v) is 13.0. The van der Waals surface area contributed by atoms with Gasteiger partial charge in [-0.05, 0) is 31.4 Å². The molecule has 0 saturated carbocycles. The molecule has 1 aromatic rings. The van der Waals surface area contributed by atoms with Gasteiger partial charge in [-0.2, -0.15) is 0 Å². The van der Waals surface area contributed by atoms with Crippen LogP contribution in [-0.4, -0.2) is 25.7 Å². The number of nitrogens with two attached hydrogens (primary N) is 1. The summed E-state index contributed by atoms with van der Waals surface area (Å²) < 4.78 is 19.4. The Balaban J connectivity index is 1.96. The van der Waals surface area contributed by atoms with Crippen LogP contribution in [0, 0.1) is 5.82 Å². The Kier molecular flexibility index (Phi) is 6.30. The highest BCUT2D eigenvalue weighted by molar-refractivity contribution is 5.59. The van der Waals surface area contributed by atoms with Crippen LogP contribution in [0.2, 0.25) is 0 Å². The number of nitrogens with zero attached hydrogens (tertiary/aromatic N) is 1. The number of piperidine rings is 1. The number of ether oxygens (including phenoxy) is 1. The highest BCUT2D eigenvalue weighted by Crippen LogP contribution is 2.31. The molecule has 0 unspecified atom stereocenters. The third kappa shape index (κ3) is 4.88. The van der Waals surface area contributed by atoms with Crippen LogP contribution in [0.4, 0.5) is 10.1 Å². The second-order valence-corrected chi connectivity index (χ2v) is 5.85. The summed E-state index contributed by atoms with van der Waals surface area (Å²) in [4.78, 5) is 2.19. The quantitative estimate of drug-likeness (QED) is 0.779. The van der Waals surface area contributed by atoms with E-state index in [1.807, 2.05) is 0 Å². The van der Waals surface area contributed by atoms with Gasteiger partial charge in [-0.25, -0.2) is 4.39 Å². The van der Waals surface area contributed by atoms with Gasteiger partial charge in [0.15, 0.2) is 0 Å². The van der Waals surface area contributed by atoms with Crippen LogP contribution < -0.4 is 15.4 Å². The molecule has 1 saturated heterocycles. The van der Waals surface area contributed by atoms with E-state index in [2.05, 4.69) is 11.8 Å². The Morgan fingerprint density at radius 1 is 1.24 bits per heavy atom. The Morgan fingerprint density at radius 3 is 2.71 bits per heavy atom. The van der Waals surface area contributed by atoms with Crippen LogP contribution in [0.25, 0.3) is 0 Å². The Bertz CT molecular complexity index is 431. The van der Waals surface area contributed by atoms with Gasteiger partial charge in [-0.1, -0.05) is 26.2 Å². The maximum atomic E-state index is 13.6. The van der Waals surface area contributed by atoms with E-state index in [1.54, 1.807) is 12.1 Å². The van der Waals surface area contributed by atoms with Gasteiger partial charge < -0.3 is 15.4 Å². The number of hydrogen-bond donors (Lipinski definition) is 1. The summed E-state index contributed by atoms with van der Waals surface area (Å²) >= 11 is 0. The summed E-state index contributed by atoms with van der Waals surface area (Å²) in [7, 11) is 0. The van der Waals surface area contributed by atoms with Crippen molar-refractivity contribution in [1.29, 1.82) is 0 Å². The van der Waals surface area contributed by atoms with E-state index in [0.717, 1.165) is 43.8 Å². The fourth-order valence-corrected chi connectivity index (χ4v) is 2.71. The third-order valence-electron chi connectivity index (χ3n) is 4.06. The first kappa shape index (κ1) is 16.1. The van der Waals surface area contributed by atoms with Gasteiger partial charge in [0.05, 0.1) is 12.3 Å². The number of unbranched alkanes of at least 4 members (excludes halogenated alkanes) is 3. The van der Waals surface area contributed by atoms with E-state index < -0.39 is 0 Å². The van der Waals surface area contributed by atoms with Gasteiger partial charge in [0.1, 0.15) is 11.6 Å². The van der Waals surface area contributed by atoms with Crippen molar-refractivity contribution in [2.75, 3.05) is 24.6 Å². The van der Waals surface area contributed by atoms with E-state index in [4.69, 9.17) is 10.5 Å². The highest BCUT2D eigenvalue weighted by Gasteiger charge is 2.19. The zero-order chi connectivity index (χ0) is 15.1. The maximum Gasteiger partial charge on any atom is 0.142 e. The summed E-state index contributed by atoms with van der Waals surface area (Å²) in [6.07, 6.45) is 6.60. The van der Waals surface area contributed by atoms with Crippen molar-refractivity contribution in [2.24, 2.45) is 5.73 Å². The van der Waals surface area contributed by atoms with Crippen molar-refractivity contribution in [3.63, 3.8) is 0 Å². The molecule has 1 aliphatic rings. The molecular formula is C17H27FN2O. The first-order chi connectivity index (χ1) is 10.2. The normalized spacial score (nSPS) is 16.2. The summed E-state index contributed by atoms with van der Waals surface area (Å²) in [6.45, 7) is 4.64. The molecule has 0 radical (unpaired) electrons.